The summed E-state index contributed by atoms with van der Waals surface area (Å²) in [6.07, 6.45) is 2.17. The number of amides is 2. The number of carbonyl (C=O) groups is 2. The quantitative estimate of drug-likeness (QED) is 0.831. The van der Waals surface area contributed by atoms with E-state index in [0.717, 1.165) is 36.9 Å². The molecule has 1 atom stereocenters. The zero-order valence-electron chi connectivity index (χ0n) is 12.8. The van der Waals surface area contributed by atoms with E-state index in [1.807, 2.05) is 18.0 Å². The van der Waals surface area contributed by atoms with E-state index in [4.69, 9.17) is 0 Å². The summed E-state index contributed by atoms with van der Waals surface area (Å²) in [4.78, 5) is 26.1. The second kappa shape index (κ2) is 8.29. The molecule has 1 fully saturated rings. The van der Waals surface area contributed by atoms with Crippen molar-refractivity contribution in [2.75, 3.05) is 33.2 Å². The maximum Gasteiger partial charge on any atom is 0.251 e. The summed E-state index contributed by atoms with van der Waals surface area (Å²) in [7, 11) is 1.93. The van der Waals surface area contributed by atoms with Gasteiger partial charge < -0.3 is 15.5 Å². The fourth-order valence-electron chi connectivity index (χ4n) is 2.75. The molecule has 6 heteroatoms. The highest BCUT2D eigenvalue weighted by Crippen LogP contribution is 2.15. The lowest BCUT2D eigenvalue weighted by Crippen LogP contribution is -2.46. The van der Waals surface area contributed by atoms with Crippen molar-refractivity contribution in [1.82, 2.24) is 15.5 Å². The normalized spacial score (nSPS) is 18.1. The zero-order chi connectivity index (χ0) is 15.9. The molecule has 0 bridgehead atoms. The standard InChI is InChI=1S/C16H22BrN3O2/c1-18-9-12-4-3-7-20(11-12)15(21)10-19-16(22)13-5-2-6-14(17)8-13/h2,5-6,8,12,18H,3-4,7,9-11H2,1H3,(H,19,22). The number of carbonyl (C=O) groups excluding carboxylic acids is 2. The van der Waals surface area contributed by atoms with E-state index in [0.29, 0.717) is 11.5 Å². The summed E-state index contributed by atoms with van der Waals surface area (Å²) in [5, 5.41) is 5.87. The Morgan fingerprint density at radius 1 is 1.41 bits per heavy atom. The van der Waals surface area contributed by atoms with Crippen molar-refractivity contribution in [3.63, 3.8) is 0 Å². The van der Waals surface area contributed by atoms with Crippen molar-refractivity contribution in [1.29, 1.82) is 0 Å². The summed E-state index contributed by atoms with van der Waals surface area (Å²) in [6, 6.07) is 7.13. The molecule has 1 aliphatic heterocycles. The third-order valence-electron chi connectivity index (χ3n) is 3.85. The number of nitrogens with one attached hydrogen (secondary N) is 2. The van der Waals surface area contributed by atoms with Gasteiger partial charge in [0.1, 0.15) is 0 Å². The van der Waals surface area contributed by atoms with Gasteiger partial charge in [-0.25, -0.2) is 0 Å². The highest BCUT2D eigenvalue weighted by Gasteiger charge is 2.23. The maximum atomic E-state index is 12.2. The van der Waals surface area contributed by atoms with Crippen LogP contribution in [0.15, 0.2) is 28.7 Å². The smallest absolute Gasteiger partial charge is 0.251 e. The van der Waals surface area contributed by atoms with E-state index in [-0.39, 0.29) is 18.4 Å². The van der Waals surface area contributed by atoms with Gasteiger partial charge >= 0.3 is 0 Å². The van der Waals surface area contributed by atoms with Crippen LogP contribution in [0.5, 0.6) is 0 Å². The van der Waals surface area contributed by atoms with E-state index >= 15 is 0 Å². The van der Waals surface area contributed by atoms with Crippen molar-refractivity contribution >= 4 is 27.7 Å². The molecule has 1 saturated heterocycles. The minimum absolute atomic E-state index is 0.0100. The van der Waals surface area contributed by atoms with Crippen LogP contribution in [0.2, 0.25) is 0 Å². The second-order valence-corrected chi connectivity index (χ2v) is 6.51. The minimum atomic E-state index is -0.224. The molecule has 0 aromatic heterocycles. The number of hydrogen-bond acceptors (Lipinski definition) is 3. The number of hydrogen-bond donors (Lipinski definition) is 2. The van der Waals surface area contributed by atoms with E-state index < -0.39 is 0 Å². The van der Waals surface area contributed by atoms with E-state index in [2.05, 4.69) is 26.6 Å². The van der Waals surface area contributed by atoms with E-state index in [1.54, 1.807) is 18.2 Å². The molecule has 1 aliphatic rings. The van der Waals surface area contributed by atoms with Crippen LogP contribution in [0, 0.1) is 5.92 Å². The van der Waals surface area contributed by atoms with Gasteiger partial charge in [0.25, 0.3) is 5.91 Å². The molecule has 1 heterocycles. The third kappa shape index (κ3) is 4.81. The molecular formula is C16H22BrN3O2. The van der Waals surface area contributed by atoms with Crippen LogP contribution in [0.1, 0.15) is 23.2 Å². The first-order valence-electron chi connectivity index (χ1n) is 7.56. The van der Waals surface area contributed by atoms with Gasteiger partial charge in [-0.1, -0.05) is 22.0 Å². The van der Waals surface area contributed by atoms with Crippen LogP contribution in [0.4, 0.5) is 0 Å². The average molecular weight is 368 g/mol. The molecular weight excluding hydrogens is 346 g/mol. The summed E-state index contributed by atoms with van der Waals surface area (Å²) in [6.45, 7) is 2.53. The van der Waals surface area contributed by atoms with E-state index in [1.165, 1.54) is 0 Å². The van der Waals surface area contributed by atoms with Gasteiger partial charge in [0.2, 0.25) is 5.91 Å². The van der Waals surface area contributed by atoms with Gasteiger partial charge in [0.05, 0.1) is 6.54 Å². The Morgan fingerprint density at radius 2 is 2.23 bits per heavy atom. The molecule has 1 unspecified atom stereocenters. The molecule has 1 aromatic carbocycles. The summed E-state index contributed by atoms with van der Waals surface area (Å²) in [5.74, 6) is 0.270. The Bertz CT molecular complexity index is 534. The fourth-order valence-corrected chi connectivity index (χ4v) is 3.15. The van der Waals surface area contributed by atoms with Crippen molar-refractivity contribution in [3.05, 3.63) is 34.3 Å². The first-order valence-corrected chi connectivity index (χ1v) is 8.35. The number of halogens is 1. The Kier molecular flexibility index (Phi) is 6.39. The van der Waals surface area contributed by atoms with Crippen LogP contribution in [0.3, 0.4) is 0 Å². The van der Waals surface area contributed by atoms with Crippen LogP contribution >= 0.6 is 15.9 Å². The van der Waals surface area contributed by atoms with Gasteiger partial charge in [-0.3, -0.25) is 9.59 Å². The molecule has 0 aliphatic carbocycles. The number of benzene rings is 1. The summed E-state index contributed by atoms with van der Waals surface area (Å²) < 4.78 is 0.845. The molecule has 2 amide bonds. The van der Waals surface area contributed by atoms with Crippen LogP contribution in [0.25, 0.3) is 0 Å². The lowest BCUT2D eigenvalue weighted by Gasteiger charge is -2.32. The van der Waals surface area contributed by atoms with Crippen molar-refractivity contribution in [2.24, 2.45) is 5.92 Å². The number of piperidine rings is 1. The van der Waals surface area contributed by atoms with Crippen molar-refractivity contribution in [3.8, 4) is 0 Å². The first kappa shape index (κ1) is 17.0. The lowest BCUT2D eigenvalue weighted by molar-refractivity contribution is -0.131. The van der Waals surface area contributed by atoms with Gasteiger partial charge in [-0.15, -0.1) is 0 Å². The van der Waals surface area contributed by atoms with Gasteiger partial charge in [0.15, 0.2) is 0 Å². The largest absolute Gasteiger partial charge is 0.343 e. The number of likely N-dealkylation sites (tertiary alicyclic amines) is 1. The van der Waals surface area contributed by atoms with Crippen molar-refractivity contribution in [2.45, 2.75) is 12.8 Å². The summed E-state index contributed by atoms with van der Waals surface area (Å²) in [5.41, 5.74) is 0.550. The van der Waals surface area contributed by atoms with E-state index in [9.17, 15) is 9.59 Å². The number of nitrogens with zero attached hydrogens (tertiary/aromatic N) is 1. The highest BCUT2D eigenvalue weighted by molar-refractivity contribution is 9.10. The lowest BCUT2D eigenvalue weighted by atomic mass is 9.98. The molecule has 2 N–H and O–H groups in total. The maximum absolute atomic E-state index is 12.2. The predicted molar refractivity (Wildman–Crippen MR) is 89.7 cm³/mol. The van der Waals surface area contributed by atoms with Gasteiger partial charge in [0, 0.05) is 23.1 Å². The van der Waals surface area contributed by atoms with Crippen molar-refractivity contribution < 1.29 is 9.59 Å². The Hall–Kier alpha value is -1.40. The predicted octanol–water partition coefficient (Wildman–Crippen LogP) is 1.64. The molecule has 1 aromatic rings. The SMILES string of the molecule is CNCC1CCCN(C(=O)CNC(=O)c2cccc(Br)c2)C1. The Labute approximate surface area is 139 Å². The summed E-state index contributed by atoms with van der Waals surface area (Å²) >= 11 is 3.33. The molecule has 120 valence electrons. The molecule has 2 rings (SSSR count). The first-order chi connectivity index (χ1) is 10.6. The third-order valence-corrected chi connectivity index (χ3v) is 4.34. The van der Waals surface area contributed by atoms with Gasteiger partial charge in [-0.2, -0.15) is 0 Å². The van der Waals surface area contributed by atoms with Crippen LogP contribution < -0.4 is 10.6 Å². The minimum Gasteiger partial charge on any atom is -0.343 e. The average Bonchev–Trinajstić information content (AvgIpc) is 2.53. The van der Waals surface area contributed by atoms with Crippen LogP contribution in [-0.2, 0) is 4.79 Å². The second-order valence-electron chi connectivity index (χ2n) is 5.60. The zero-order valence-corrected chi connectivity index (χ0v) is 14.4. The van der Waals surface area contributed by atoms with Gasteiger partial charge in [-0.05, 0) is 50.6 Å². The Morgan fingerprint density at radius 3 is 2.95 bits per heavy atom. The Balaban J connectivity index is 1.83. The fraction of sp³-hybridized carbons (Fsp3) is 0.500. The topological polar surface area (TPSA) is 61.4 Å². The molecule has 5 nitrogen and oxygen atoms in total. The monoisotopic (exact) mass is 367 g/mol. The molecule has 0 saturated carbocycles. The molecule has 22 heavy (non-hydrogen) atoms. The van der Waals surface area contributed by atoms with Crippen LogP contribution in [-0.4, -0.2) is 49.9 Å². The molecule has 0 spiro atoms. The molecule has 0 radical (unpaired) electrons. The highest BCUT2D eigenvalue weighted by atomic mass is 79.9. The number of rotatable bonds is 5.